The monoisotopic (exact) mass is 313 g/mol. The molecule has 3 N–H and O–H groups in total. The van der Waals surface area contributed by atoms with Gasteiger partial charge in [-0.1, -0.05) is 18.2 Å². The summed E-state index contributed by atoms with van der Waals surface area (Å²) < 4.78 is 0. The highest BCUT2D eigenvalue weighted by molar-refractivity contribution is 6.21. The minimum Gasteiger partial charge on any atom is -0.504 e. The number of benzene rings is 1. The molecule has 4 nitrogen and oxygen atoms in total. The van der Waals surface area contributed by atoms with E-state index in [1.807, 2.05) is 6.92 Å². The van der Waals surface area contributed by atoms with E-state index in [9.17, 15) is 15.3 Å². The molecule has 0 bridgehead atoms. The van der Waals surface area contributed by atoms with Gasteiger partial charge >= 0.3 is 0 Å². The molecule has 122 valence electrons. The topological polar surface area (TPSA) is 73.1 Å². The number of hydrogen-bond acceptors (Lipinski definition) is 4. The van der Waals surface area contributed by atoms with E-state index in [1.165, 1.54) is 18.9 Å². The summed E-state index contributed by atoms with van der Waals surface area (Å²) in [5.41, 5.74) is 1.62. The predicted molar refractivity (Wildman–Crippen MR) is 89.2 cm³/mol. The van der Waals surface area contributed by atoms with Crippen LogP contribution >= 0.6 is 0 Å². The molecule has 0 radical (unpaired) electrons. The molecule has 4 rings (SSSR count). The van der Waals surface area contributed by atoms with Crippen LogP contribution in [-0.2, 0) is 5.41 Å². The molecule has 3 aliphatic rings. The van der Waals surface area contributed by atoms with Crippen LogP contribution in [0.25, 0.3) is 0 Å². The second-order valence-electron chi connectivity index (χ2n) is 7.45. The fourth-order valence-corrected chi connectivity index (χ4v) is 4.28. The molecule has 2 unspecified atom stereocenters. The van der Waals surface area contributed by atoms with Crippen LogP contribution in [0.15, 0.2) is 29.3 Å². The zero-order chi connectivity index (χ0) is 16.4. The average molecular weight is 313 g/mol. The van der Waals surface area contributed by atoms with Gasteiger partial charge in [0.05, 0.1) is 11.1 Å². The third kappa shape index (κ3) is 1.91. The van der Waals surface area contributed by atoms with E-state index in [-0.39, 0.29) is 11.5 Å². The number of hydrogen-bond donors (Lipinski definition) is 3. The minimum absolute atomic E-state index is 0.130. The van der Waals surface area contributed by atoms with E-state index in [0.717, 1.165) is 29.8 Å². The van der Waals surface area contributed by atoms with Crippen molar-refractivity contribution in [1.29, 1.82) is 0 Å². The van der Waals surface area contributed by atoms with Gasteiger partial charge in [-0.3, -0.25) is 4.99 Å². The van der Waals surface area contributed by atoms with Crippen LogP contribution in [0.5, 0.6) is 11.5 Å². The van der Waals surface area contributed by atoms with E-state index in [0.29, 0.717) is 24.3 Å². The lowest BCUT2D eigenvalue weighted by molar-refractivity contribution is 0.110. The molecule has 23 heavy (non-hydrogen) atoms. The normalized spacial score (nSPS) is 34.5. The summed E-state index contributed by atoms with van der Waals surface area (Å²) in [6, 6.07) is 3.28. The lowest BCUT2D eigenvalue weighted by Crippen LogP contribution is -2.29. The van der Waals surface area contributed by atoms with Crippen molar-refractivity contribution in [1.82, 2.24) is 0 Å². The van der Waals surface area contributed by atoms with Gasteiger partial charge in [-0.05, 0) is 56.6 Å². The zero-order valence-corrected chi connectivity index (χ0v) is 13.5. The SMILES string of the molecule is C=C1CCC2(O)C(=NCC3CC3)C2(c2c(C)ccc(O)c2O)C1. The smallest absolute Gasteiger partial charge is 0.162 e. The Labute approximate surface area is 136 Å². The summed E-state index contributed by atoms with van der Waals surface area (Å²) in [7, 11) is 0. The van der Waals surface area contributed by atoms with Crippen molar-refractivity contribution in [3.05, 3.63) is 35.4 Å². The number of fused-ring (bicyclic) bond motifs is 1. The molecule has 2 atom stereocenters. The van der Waals surface area contributed by atoms with E-state index in [1.54, 1.807) is 6.07 Å². The molecular formula is C19H23NO3. The van der Waals surface area contributed by atoms with Crippen molar-refractivity contribution >= 4 is 5.71 Å². The predicted octanol–water partition coefficient (Wildman–Crippen LogP) is 2.98. The first-order chi connectivity index (χ1) is 10.9. The molecule has 3 saturated carbocycles. The Kier molecular flexibility index (Phi) is 2.95. The number of aliphatic imine (C=N–C) groups is 1. The van der Waals surface area contributed by atoms with Crippen molar-refractivity contribution in [3.63, 3.8) is 0 Å². The van der Waals surface area contributed by atoms with Gasteiger partial charge in [0.25, 0.3) is 0 Å². The Bertz CT molecular complexity index is 734. The summed E-state index contributed by atoms with van der Waals surface area (Å²) in [4.78, 5) is 4.74. The molecule has 0 heterocycles. The summed E-state index contributed by atoms with van der Waals surface area (Å²) >= 11 is 0. The highest BCUT2D eigenvalue weighted by Gasteiger charge is 2.76. The lowest BCUT2D eigenvalue weighted by atomic mass is 9.77. The van der Waals surface area contributed by atoms with Crippen LogP contribution in [0.4, 0.5) is 0 Å². The maximum absolute atomic E-state index is 11.2. The highest BCUT2D eigenvalue weighted by atomic mass is 16.3. The van der Waals surface area contributed by atoms with Crippen molar-refractivity contribution in [2.24, 2.45) is 10.9 Å². The Balaban J connectivity index is 1.86. The summed E-state index contributed by atoms with van der Waals surface area (Å²) in [6.45, 7) is 6.76. The number of rotatable bonds is 3. The Morgan fingerprint density at radius 1 is 1.30 bits per heavy atom. The van der Waals surface area contributed by atoms with Crippen LogP contribution in [0, 0.1) is 12.8 Å². The lowest BCUT2D eigenvalue weighted by Gasteiger charge is -2.28. The van der Waals surface area contributed by atoms with Gasteiger partial charge in [0, 0.05) is 12.1 Å². The molecular weight excluding hydrogens is 290 g/mol. The van der Waals surface area contributed by atoms with Gasteiger partial charge < -0.3 is 15.3 Å². The van der Waals surface area contributed by atoms with Gasteiger partial charge in [0.1, 0.15) is 5.60 Å². The molecule has 0 aromatic heterocycles. The number of aliphatic hydroxyl groups is 1. The molecule has 0 amide bonds. The molecule has 3 fully saturated rings. The zero-order valence-electron chi connectivity index (χ0n) is 13.5. The first kappa shape index (κ1) is 14.8. The van der Waals surface area contributed by atoms with E-state index >= 15 is 0 Å². The highest BCUT2D eigenvalue weighted by Crippen LogP contribution is 2.66. The average Bonchev–Trinajstić information content (AvgIpc) is 3.39. The standard InChI is InChI=1S/C19H23NO3/c1-11-7-8-19(23)17(20-10-13-4-5-13)18(19,9-11)15-12(2)3-6-14(21)16(15)22/h3,6,13,21-23H,1,4-5,7-10H2,2H3. The molecule has 0 aliphatic heterocycles. The summed E-state index contributed by atoms with van der Waals surface area (Å²) in [5.74, 6) is 0.370. The molecule has 3 aliphatic carbocycles. The van der Waals surface area contributed by atoms with Gasteiger partial charge in [-0.15, -0.1) is 0 Å². The van der Waals surface area contributed by atoms with Gasteiger partial charge in [-0.2, -0.15) is 0 Å². The van der Waals surface area contributed by atoms with E-state index < -0.39 is 11.0 Å². The third-order valence-corrected chi connectivity index (χ3v) is 5.79. The molecule has 1 aromatic carbocycles. The fraction of sp³-hybridized carbons (Fsp3) is 0.526. The number of phenolic OH excluding ortho intramolecular Hbond substituents is 2. The largest absolute Gasteiger partial charge is 0.504 e. The van der Waals surface area contributed by atoms with Crippen LogP contribution in [-0.4, -0.2) is 33.2 Å². The van der Waals surface area contributed by atoms with Gasteiger partial charge in [-0.25, -0.2) is 0 Å². The van der Waals surface area contributed by atoms with Crippen LogP contribution in [0.1, 0.15) is 43.2 Å². The van der Waals surface area contributed by atoms with E-state index in [2.05, 4.69) is 6.58 Å². The Morgan fingerprint density at radius 2 is 2.04 bits per heavy atom. The number of aryl methyl sites for hydroxylation is 1. The van der Waals surface area contributed by atoms with Crippen LogP contribution in [0.3, 0.4) is 0 Å². The fourth-order valence-electron chi connectivity index (χ4n) is 4.28. The van der Waals surface area contributed by atoms with E-state index in [4.69, 9.17) is 4.99 Å². The van der Waals surface area contributed by atoms with Crippen LogP contribution < -0.4 is 0 Å². The quantitative estimate of drug-likeness (QED) is 0.593. The van der Waals surface area contributed by atoms with Crippen molar-refractivity contribution in [2.45, 2.75) is 50.0 Å². The van der Waals surface area contributed by atoms with Crippen molar-refractivity contribution in [3.8, 4) is 11.5 Å². The molecule has 4 heteroatoms. The number of aromatic hydroxyl groups is 2. The first-order valence-corrected chi connectivity index (χ1v) is 8.36. The summed E-state index contributed by atoms with van der Waals surface area (Å²) in [6.07, 6.45) is 4.38. The van der Waals surface area contributed by atoms with Gasteiger partial charge in [0.2, 0.25) is 0 Å². The van der Waals surface area contributed by atoms with Crippen LogP contribution in [0.2, 0.25) is 0 Å². The van der Waals surface area contributed by atoms with Crippen molar-refractivity contribution < 1.29 is 15.3 Å². The van der Waals surface area contributed by atoms with Gasteiger partial charge in [0.15, 0.2) is 11.5 Å². The minimum atomic E-state index is -1.00. The second kappa shape index (κ2) is 4.60. The molecule has 0 spiro atoms. The molecule has 0 saturated heterocycles. The van der Waals surface area contributed by atoms with Crippen molar-refractivity contribution in [2.75, 3.05) is 6.54 Å². The number of allylic oxidation sites excluding steroid dienone is 1. The second-order valence-corrected chi connectivity index (χ2v) is 7.45. The Hall–Kier alpha value is -1.81. The third-order valence-electron chi connectivity index (χ3n) is 5.79. The number of phenols is 2. The summed E-state index contributed by atoms with van der Waals surface area (Å²) in [5, 5.41) is 31.7. The Morgan fingerprint density at radius 3 is 2.74 bits per heavy atom. The first-order valence-electron chi connectivity index (χ1n) is 8.36. The molecule has 1 aromatic rings. The maximum Gasteiger partial charge on any atom is 0.162 e. The maximum atomic E-state index is 11.2. The number of nitrogens with zero attached hydrogens (tertiary/aromatic N) is 1.